The maximum atomic E-state index is 4.91. The Morgan fingerprint density at radius 1 is 0.875 bits per heavy atom. The lowest BCUT2D eigenvalue weighted by Gasteiger charge is -2.04. The summed E-state index contributed by atoms with van der Waals surface area (Å²) in [4.78, 5) is 14.0. The molecule has 0 bridgehead atoms. The molecule has 4 rings (SSSR count). The summed E-state index contributed by atoms with van der Waals surface area (Å²) in [5.74, 6) is 1.97. The van der Waals surface area contributed by atoms with Crippen LogP contribution >= 0.6 is 0 Å². The highest BCUT2D eigenvalue weighted by molar-refractivity contribution is 6.04. The van der Waals surface area contributed by atoms with Gasteiger partial charge in [0.05, 0.1) is 11.0 Å². The van der Waals surface area contributed by atoms with Gasteiger partial charge in [-0.15, -0.1) is 0 Å². The highest BCUT2D eigenvalue weighted by Crippen LogP contribution is 2.25. The summed E-state index contributed by atoms with van der Waals surface area (Å²) in [5, 5.41) is 2.44. The minimum Gasteiger partial charge on any atom is -0.331 e. The summed E-state index contributed by atoms with van der Waals surface area (Å²) >= 11 is 0. The van der Waals surface area contributed by atoms with Crippen LogP contribution in [0.5, 0.6) is 0 Å². The van der Waals surface area contributed by atoms with Crippen LogP contribution in [0.15, 0.2) is 42.5 Å². The van der Waals surface area contributed by atoms with Gasteiger partial charge in [-0.05, 0) is 31.4 Å². The van der Waals surface area contributed by atoms with Crippen LogP contribution < -0.4 is 0 Å². The Kier molecular flexibility index (Phi) is 3.53. The Morgan fingerprint density at radius 2 is 1.62 bits per heavy atom. The average molecular weight is 316 g/mol. The van der Waals surface area contributed by atoms with E-state index in [9.17, 15) is 0 Å². The van der Waals surface area contributed by atoms with Crippen LogP contribution in [0.3, 0.4) is 0 Å². The Bertz CT molecular complexity index is 1030. The van der Waals surface area contributed by atoms with E-state index in [1.807, 2.05) is 19.9 Å². The Balaban J connectivity index is 1.71. The second-order valence-corrected chi connectivity index (χ2v) is 6.31. The zero-order chi connectivity index (χ0) is 16.7. The summed E-state index contributed by atoms with van der Waals surface area (Å²) in [6, 6.07) is 14.7. The van der Waals surface area contributed by atoms with Crippen LogP contribution in [0.25, 0.3) is 21.8 Å². The lowest BCUT2D eigenvalue weighted by atomic mass is 10.1. The fourth-order valence-corrected chi connectivity index (χ4v) is 3.33. The highest BCUT2D eigenvalue weighted by Gasteiger charge is 2.11. The van der Waals surface area contributed by atoms with Gasteiger partial charge >= 0.3 is 0 Å². The van der Waals surface area contributed by atoms with Crippen LogP contribution in [-0.2, 0) is 19.9 Å². The number of benzene rings is 2. The fourth-order valence-electron chi connectivity index (χ4n) is 3.33. The van der Waals surface area contributed by atoms with Crippen LogP contribution in [0.4, 0.5) is 0 Å². The van der Waals surface area contributed by atoms with Crippen molar-refractivity contribution >= 4 is 21.8 Å². The Hall–Kier alpha value is -2.75. The van der Waals surface area contributed by atoms with Gasteiger partial charge in [-0.3, -0.25) is 0 Å². The zero-order valence-corrected chi connectivity index (χ0v) is 14.2. The van der Waals surface area contributed by atoms with Crippen LogP contribution in [0.1, 0.15) is 23.0 Å². The van der Waals surface area contributed by atoms with Crippen molar-refractivity contribution < 1.29 is 0 Å². The summed E-state index contributed by atoms with van der Waals surface area (Å²) in [6.07, 6.45) is 1.64. The topological polar surface area (TPSA) is 43.6 Å². The van der Waals surface area contributed by atoms with Crippen molar-refractivity contribution in [3.05, 3.63) is 65.5 Å². The molecular formula is C20H20N4. The number of hydrogen-bond acceptors (Lipinski definition) is 3. The van der Waals surface area contributed by atoms with Gasteiger partial charge in [0.15, 0.2) is 0 Å². The fraction of sp³-hybridized carbons (Fsp3) is 0.250. The van der Waals surface area contributed by atoms with Gasteiger partial charge in [0.25, 0.3) is 0 Å². The molecule has 4 heteroatoms. The third-order valence-electron chi connectivity index (χ3n) is 4.47. The molecule has 0 aliphatic rings. The molecule has 120 valence electrons. The van der Waals surface area contributed by atoms with E-state index in [4.69, 9.17) is 4.98 Å². The molecule has 0 aliphatic carbocycles. The number of fused-ring (bicyclic) bond motifs is 3. The third-order valence-corrected chi connectivity index (χ3v) is 4.47. The molecule has 0 amide bonds. The van der Waals surface area contributed by atoms with Crippen molar-refractivity contribution in [3.63, 3.8) is 0 Å². The van der Waals surface area contributed by atoms with Gasteiger partial charge in [0, 0.05) is 36.7 Å². The predicted octanol–water partition coefficient (Wildman–Crippen LogP) is 3.92. The molecule has 2 aromatic carbocycles. The van der Waals surface area contributed by atoms with E-state index in [0.717, 1.165) is 41.4 Å². The molecule has 0 radical (unpaired) electrons. The quantitative estimate of drug-likeness (QED) is 0.575. The minimum atomic E-state index is 0.803. The summed E-state index contributed by atoms with van der Waals surface area (Å²) < 4.78 is 2.18. The standard InChI is InChI=1S/C20H20N4/c1-13-12-14(2)22-18(21-13)10-11-19-23-20-16-7-5-4-6-15(16)8-9-17(20)24(19)3/h4-9,12H,10-11H2,1-3H3. The molecule has 2 heterocycles. The van der Waals surface area contributed by atoms with Crippen molar-refractivity contribution in [1.29, 1.82) is 0 Å². The maximum absolute atomic E-state index is 4.91. The van der Waals surface area contributed by atoms with Gasteiger partial charge < -0.3 is 4.57 Å². The second kappa shape index (κ2) is 5.71. The zero-order valence-electron chi connectivity index (χ0n) is 14.2. The third kappa shape index (κ3) is 2.54. The number of aromatic nitrogens is 4. The first kappa shape index (κ1) is 14.8. The molecule has 0 unspecified atom stereocenters. The SMILES string of the molecule is Cc1cc(C)nc(CCc2nc3c4ccccc4ccc3n2C)n1. The van der Waals surface area contributed by atoms with Crippen molar-refractivity contribution in [2.45, 2.75) is 26.7 Å². The first-order valence-corrected chi connectivity index (χ1v) is 8.26. The van der Waals surface area contributed by atoms with E-state index in [0.29, 0.717) is 0 Å². The van der Waals surface area contributed by atoms with E-state index < -0.39 is 0 Å². The smallest absolute Gasteiger partial charge is 0.129 e. The van der Waals surface area contributed by atoms with Crippen molar-refractivity contribution in [1.82, 2.24) is 19.5 Å². The van der Waals surface area contributed by atoms with Gasteiger partial charge in [-0.2, -0.15) is 0 Å². The van der Waals surface area contributed by atoms with Crippen molar-refractivity contribution in [3.8, 4) is 0 Å². The average Bonchev–Trinajstić information content (AvgIpc) is 2.89. The van der Waals surface area contributed by atoms with E-state index in [1.54, 1.807) is 0 Å². The monoisotopic (exact) mass is 316 g/mol. The molecule has 0 spiro atoms. The predicted molar refractivity (Wildman–Crippen MR) is 97.1 cm³/mol. The van der Waals surface area contributed by atoms with E-state index in [1.165, 1.54) is 16.3 Å². The Labute approximate surface area is 141 Å². The number of rotatable bonds is 3. The summed E-state index contributed by atoms with van der Waals surface area (Å²) in [5.41, 5.74) is 4.29. The van der Waals surface area contributed by atoms with Crippen molar-refractivity contribution in [2.75, 3.05) is 0 Å². The molecule has 0 aliphatic heterocycles. The molecule has 24 heavy (non-hydrogen) atoms. The van der Waals surface area contributed by atoms with Crippen LogP contribution in [-0.4, -0.2) is 19.5 Å². The van der Waals surface area contributed by atoms with E-state index in [2.05, 4.69) is 58.0 Å². The lowest BCUT2D eigenvalue weighted by molar-refractivity contribution is 0.752. The van der Waals surface area contributed by atoms with Crippen molar-refractivity contribution in [2.24, 2.45) is 7.05 Å². The maximum Gasteiger partial charge on any atom is 0.129 e. The van der Waals surface area contributed by atoms with E-state index in [-0.39, 0.29) is 0 Å². The minimum absolute atomic E-state index is 0.803. The van der Waals surface area contributed by atoms with Crippen LogP contribution in [0.2, 0.25) is 0 Å². The number of imidazole rings is 1. The Morgan fingerprint density at radius 3 is 2.42 bits per heavy atom. The van der Waals surface area contributed by atoms with Gasteiger partial charge in [0.2, 0.25) is 0 Å². The van der Waals surface area contributed by atoms with Crippen LogP contribution in [0, 0.1) is 13.8 Å². The molecule has 4 aromatic rings. The lowest BCUT2D eigenvalue weighted by Crippen LogP contribution is -2.05. The number of hydrogen-bond donors (Lipinski definition) is 0. The molecule has 2 aromatic heterocycles. The molecule has 0 N–H and O–H groups in total. The first-order valence-electron chi connectivity index (χ1n) is 8.26. The largest absolute Gasteiger partial charge is 0.331 e. The van der Waals surface area contributed by atoms with Gasteiger partial charge in [-0.25, -0.2) is 15.0 Å². The van der Waals surface area contributed by atoms with Gasteiger partial charge in [-0.1, -0.05) is 30.3 Å². The number of nitrogens with zero attached hydrogens (tertiary/aromatic N) is 4. The van der Waals surface area contributed by atoms with Gasteiger partial charge in [0.1, 0.15) is 11.6 Å². The second-order valence-electron chi connectivity index (χ2n) is 6.31. The molecule has 0 fully saturated rings. The van der Waals surface area contributed by atoms with E-state index >= 15 is 0 Å². The first-order chi connectivity index (χ1) is 11.6. The number of aryl methyl sites for hydroxylation is 5. The summed E-state index contributed by atoms with van der Waals surface area (Å²) in [7, 11) is 2.09. The molecule has 4 nitrogen and oxygen atoms in total. The summed E-state index contributed by atoms with van der Waals surface area (Å²) in [6.45, 7) is 4.03. The normalized spacial score (nSPS) is 11.5. The highest BCUT2D eigenvalue weighted by atomic mass is 15.1. The molecule has 0 saturated heterocycles. The molecule has 0 atom stereocenters. The molecule has 0 saturated carbocycles. The molecular weight excluding hydrogens is 296 g/mol.